The third kappa shape index (κ3) is 9.60. The molecule has 1 amide bonds. The smallest absolute Gasteiger partial charge is 0.305 e. The molecule has 0 saturated carbocycles. The zero-order chi connectivity index (χ0) is 24.3. The van der Waals surface area contributed by atoms with Crippen molar-refractivity contribution in [2.75, 3.05) is 20.3 Å². The molecule has 182 valence electrons. The maximum Gasteiger partial charge on any atom is 0.305 e. The summed E-state index contributed by atoms with van der Waals surface area (Å²) in [6, 6.07) is -1.02. The van der Waals surface area contributed by atoms with Gasteiger partial charge in [-0.25, -0.2) is 0 Å². The Morgan fingerprint density at radius 3 is 2.03 bits per heavy atom. The molecule has 12 heteroatoms. The maximum absolute atomic E-state index is 11.8. The number of carbonyl (C=O) groups excluding carboxylic acids is 5. The van der Waals surface area contributed by atoms with Crippen LogP contribution in [0.15, 0.2) is 0 Å². The lowest BCUT2D eigenvalue weighted by Gasteiger charge is -2.44. The van der Waals surface area contributed by atoms with Gasteiger partial charge < -0.3 is 33.7 Å². The number of esters is 4. The third-order valence-corrected chi connectivity index (χ3v) is 4.36. The van der Waals surface area contributed by atoms with E-state index in [1.54, 1.807) is 0 Å². The molecule has 12 nitrogen and oxygen atoms in total. The second kappa shape index (κ2) is 13.6. The van der Waals surface area contributed by atoms with Gasteiger partial charge in [-0.05, 0) is 12.8 Å². The topological polar surface area (TPSA) is 153 Å². The minimum absolute atomic E-state index is 0.142. The molecule has 1 aliphatic rings. The van der Waals surface area contributed by atoms with Gasteiger partial charge in [0.1, 0.15) is 18.8 Å². The Balaban J connectivity index is 3.07. The van der Waals surface area contributed by atoms with Gasteiger partial charge in [0.25, 0.3) is 0 Å². The Labute approximate surface area is 186 Å². The molecule has 5 atom stereocenters. The third-order valence-electron chi connectivity index (χ3n) is 4.36. The van der Waals surface area contributed by atoms with Gasteiger partial charge in [-0.1, -0.05) is 0 Å². The van der Waals surface area contributed by atoms with Gasteiger partial charge in [0.15, 0.2) is 18.5 Å². The Morgan fingerprint density at radius 1 is 0.875 bits per heavy atom. The standard InChI is InChI=1S/C20H31NO11/c1-11(22)21-17-19(31-14(4)25)18(30-13(3)24)15(10-29-12(2)23)32-20(17)28-9-7-6-8-16(26)27-5/h15,17-20H,6-10H2,1-5H3,(H,21,22). The molecule has 32 heavy (non-hydrogen) atoms. The van der Waals surface area contributed by atoms with Crippen molar-refractivity contribution >= 4 is 29.8 Å². The summed E-state index contributed by atoms with van der Waals surface area (Å²) in [5, 5.41) is 2.60. The molecule has 1 fully saturated rings. The number of hydrogen-bond acceptors (Lipinski definition) is 11. The van der Waals surface area contributed by atoms with E-state index in [4.69, 9.17) is 23.7 Å². The van der Waals surface area contributed by atoms with Gasteiger partial charge in [-0.3, -0.25) is 24.0 Å². The Hall–Kier alpha value is -2.73. The lowest BCUT2D eigenvalue weighted by molar-refractivity contribution is -0.277. The highest BCUT2D eigenvalue weighted by Gasteiger charge is 2.51. The number of unbranched alkanes of at least 4 members (excludes halogenated alkanes) is 1. The van der Waals surface area contributed by atoms with Gasteiger partial charge in [0, 0.05) is 40.7 Å². The largest absolute Gasteiger partial charge is 0.469 e. The summed E-state index contributed by atoms with van der Waals surface area (Å²) in [5.74, 6) is -2.78. The quantitative estimate of drug-likeness (QED) is 0.251. The Kier molecular flexibility index (Phi) is 11.6. The highest BCUT2D eigenvalue weighted by molar-refractivity contribution is 5.73. The number of amides is 1. The van der Waals surface area contributed by atoms with Crippen LogP contribution in [0.1, 0.15) is 47.0 Å². The van der Waals surface area contributed by atoms with Crippen LogP contribution in [0.5, 0.6) is 0 Å². The average molecular weight is 461 g/mol. The molecule has 0 aromatic carbocycles. The highest BCUT2D eigenvalue weighted by atomic mass is 16.7. The van der Waals surface area contributed by atoms with Crippen molar-refractivity contribution in [2.24, 2.45) is 0 Å². The van der Waals surface area contributed by atoms with Crippen molar-refractivity contribution in [3.63, 3.8) is 0 Å². The van der Waals surface area contributed by atoms with Crippen LogP contribution in [0.2, 0.25) is 0 Å². The maximum atomic E-state index is 11.8. The van der Waals surface area contributed by atoms with Crippen LogP contribution in [-0.4, -0.2) is 80.8 Å². The fourth-order valence-electron chi connectivity index (χ4n) is 3.11. The molecule has 0 spiro atoms. The lowest BCUT2D eigenvalue weighted by Crippen LogP contribution is -2.66. The number of rotatable bonds is 11. The minimum atomic E-state index is -1.17. The van der Waals surface area contributed by atoms with Crippen LogP contribution >= 0.6 is 0 Å². The molecular weight excluding hydrogens is 430 g/mol. The molecular formula is C20H31NO11. The number of methoxy groups -OCH3 is 1. The van der Waals surface area contributed by atoms with Crippen molar-refractivity contribution in [1.29, 1.82) is 0 Å². The molecule has 0 aliphatic carbocycles. The molecule has 1 N–H and O–H groups in total. The van der Waals surface area contributed by atoms with Crippen LogP contribution in [-0.2, 0) is 52.4 Å². The van der Waals surface area contributed by atoms with Crippen LogP contribution in [0.25, 0.3) is 0 Å². The van der Waals surface area contributed by atoms with Crippen molar-refractivity contribution in [1.82, 2.24) is 5.32 Å². The number of hydrogen-bond donors (Lipinski definition) is 1. The van der Waals surface area contributed by atoms with E-state index in [9.17, 15) is 24.0 Å². The minimum Gasteiger partial charge on any atom is -0.469 e. The average Bonchev–Trinajstić information content (AvgIpc) is 2.69. The zero-order valence-corrected chi connectivity index (χ0v) is 18.9. The molecule has 1 rings (SSSR count). The van der Waals surface area contributed by atoms with Gasteiger partial charge >= 0.3 is 23.9 Å². The van der Waals surface area contributed by atoms with E-state index in [2.05, 4.69) is 10.1 Å². The summed E-state index contributed by atoms with van der Waals surface area (Å²) in [6.45, 7) is 4.61. The van der Waals surface area contributed by atoms with E-state index in [0.717, 1.165) is 13.8 Å². The zero-order valence-electron chi connectivity index (χ0n) is 18.9. The molecule has 1 saturated heterocycles. The van der Waals surface area contributed by atoms with Crippen molar-refractivity contribution < 1.29 is 52.4 Å². The van der Waals surface area contributed by atoms with Gasteiger partial charge in [0.05, 0.1) is 7.11 Å². The SMILES string of the molecule is COC(=O)CCCCOC1OC(COC(C)=O)C(OC(C)=O)C(OC(C)=O)C1NC(C)=O. The van der Waals surface area contributed by atoms with E-state index >= 15 is 0 Å². The van der Waals surface area contributed by atoms with E-state index < -0.39 is 54.5 Å². The first kappa shape index (κ1) is 27.3. The van der Waals surface area contributed by atoms with Crippen LogP contribution in [0.3, 0.4) is 0 Å². The Bertz CT molecular complexity index is 680. The van der Waals surface area contributed by atoms with Crippen molar-refractivity contribution in [2.45, 2.75) is 77.6 Å². The summed E-state index contributed by atoms with van der Waals surface area (Å²) in [7, 11) is 1.30. The molecule has 1 aliphatic heterocycles. The fraction of sp³-hybridized carbons (Fsp3) is 0.750. The summed E-state index contributed by atoms with van der Waals surface area (Å²) in [5.41, 5.74) is 0. The summed E-state index contributed by atoms with van der Waals surface area (Å²) in [4.78, 5) is 57.8. The highest BCUT2D eigenvalue weighted by Crippen LogP contribution is 2.28. The molecule has 1 heterocycles. The second-order valence-electron chi connectivity index (χ2n) is 7.12. The number of ether oxygens (including phenoxy) is 6. The summed E-state index contributed by atoms with van der Waals surface area (Å²) in [6.07, 6.45) is -3.32. The monoisotopic (exact) mass is 461 g/mol. The molecule has 0 aromatic rings. The normalized spacial score (nSPS) is 24.7. The summed E-state index contributed by atoms with van der Waals surface area (Å²) >= 11 is 0. The first-order chi connectivity index (χ1) is 15.0. The van der Waals surface area contributed by atoms with E-state index in [1.165, 1.54) is 21.0 Å². The second-order valence-corrected chi connectivity index (χ2v) is 7.12. The Morgan fingerprint density at radius 2 is 1.50 bits per heavy atom. The molecule has 0 aromatic heterocycles. The van der Waals surface area contributed by atoms with Gasteiger partial charge in [-0.15, -0.1) is 0 Å². The van der Waals surface area contributed by atoms with E-state index in [0.29, 0.717) is 12.8 Å². The number of carbonyl (C=O) groups is 5. The number of nitrogens with one attached hydrogen (secondary N) is 1. The van der Waals surface area contributed by atoms with Crippen molar-refractivity contribution in [3.05, 3.63) is 0 Å². The fourth-order valence-corrected chi connectivity index (χ4v) is 3.11. The van der Waals surface area contributed by atoms with Gasteiger partial charge in [0.2, 0.25) is 5.91 Å². The molecule has 0 bridgehead atoms. The predicted molar refractivity (Wildman–Crippen MR) is 106 cm³/mol. The van der Waals surface area contributed by atoms with Gasteiger partial charge in [-0.2, -0.15) is 0 Å². The van der Waals surface area contributed by atoms with E-state index in [-0.39, 0.29) is 25.6 Å². The summed E-state index contributed by atoms with van der Waals surface area (Å²) < 4.78 is 31.9. The first-order valence-electron chi connectivity index (χ1n) is 10.1. The van der Waals surface area contributed by atoms with Crippen molar-refractivity contribution in [3.8, 4) is 0 Å². The van der Waals surface area contributed by atoms with Crippen LogP contribution in [0, 0.1) is 0 Å². The predicted octanol–water partition coefficient (Wildman–Crippen LogP) is 0.00240. The van der Waals surface area contributed by atoms with E-state index in [1.807, 2.05) is 0 Å². The molecule has 0 radical (unpaired) electrons. The van der Waals surface area contributed by atoms with Crippen LogP contribution in [0.4, 0.5) is 0 Å². The first-order valence-corrected chi connectivity index (χ1v) is 10.1. The van der Waals surface area contributed by atoms with Crippen LogP contribution < -0.4 is 5.32 Å². The molecule has 5 unspecified atom stereocenters. The lowest BCUT2D eigenvalue weighted by atomic mass is 9.96.